The molecule has 1 spiro atoms. The zero-order valence-corrected chi connectivity index (χ0v) is 14.7. The number of carbonyl (C=O) groups is 1. The average Bonchev–Trinajstić information content (AvgIpc) is 3.03. The SMILES string of the molecule is CCOC(=O)C1(c2ccccc2)CC2=CC3C=CC4C5CC3C2(C1)C45. The molecule has 0 heterocycles. The molecular formula is C23H24O2. The monoisotopic (exact) mass is 332 g/mol. The summed E-state index contributed by atoms with van der Waals surface area (Å²) in [6, 6.07) is 10.4. The molecule has 1 aromatic rings. The van der Waals surface area contributed by atoms with E-state index in [1.165, 1.54) is 6.42 Å². The second kappa shape index (κ2) is 4.47. The van der Waals surface area contributed by atoms with Crippen LogP contribution in [0.3, 0.4) is 0 Å². The minimum Gasteiger partial charge on any atom is -0.465 e. The molecule has 0 N–H and O–H groups in total. The highest BCUT2D eigenvalue weighted by Crippen LogP contribution is 2.81. The van der Waals surface area contributed by atoms with Gasteiger partial charge in [-0.05, 0) is 61.3 Å². The number of hydrogen-bond donors (Lipinski definition) is 0. The minimum absolute atomic E-state index is 0.00553. The first-order chi connectivity index (χ1) is 12.2. The number of ether oxygens (including phenoxy) is 1. The molecule has 7 atom stereocenters. The summed E-state index contributed by atoms with van der Waals surface area (Å²) in [4.78, 5) is 13.2. The van der Waals surface area contributed by atoms with Crippen LogP contribution in [0.25, 0.3) is 0 Å². The van der Waals surface area contributed by atoms with Crippen molar-refractivity contribution in [2.45, 2.75) is 31.6 Å². The van der Waals surface area contributed by atoms with E-state index in [9.17, 15) is 4.79 Å². The normalized spacial score (nSPS) is 47.2. The highest BCUT2D eigenvalue weighted by molar-refractivity contribution is 5.85. The Balaban J connectivity index is 1.51. The average molecular weight is 332 g/mol. The summed E-state index contributed by atoms with van der Waals surface area (Å²) in [5, 5.41) is 0. The van der Waals surface area contributed by atoms with E-state index in [1.54, 1.807) is 5.57 Å². The highest BCUT2D eigenvalue weighted by atomic mass is 16.5. The van der Waals surface area contributed by atoms with Crippen molar-refractivity contribution in [2.24, 2.45) is 35.0 Å². The molecule has 7 rings (SSSR count). The molecule has 128 valence electrons. The van der Waals surface area contributed by atoms with E-state index in [1.807, 2.05) is 13.0 Å². The number of esters is 1. The number of hydrogen-bond acceptors (Lipinski definition) is 2. The molecule has 0 radical (unpaired) electrons. The van der Waals surface area contributed by atoms with E-state index >= 15 is 0 Å². The Labute approximate surface area is 149 Å². The van der Waals surface area contributed by atoms with Crippen LogP contribution in [0.2, 0.25) is 0 Å². The van der Waals surface area contributed by atoms with Gasteiger partial charge in [0.2, 0.25) is 0 Å². The van der Waals surface area contributed by atoms with Crippen LogP contribution in [0, 0.1) is 35.0 Å². The molecule has 6 aliphatic carbocycles. The van der Waals surface area contributed by atoms with Gasteiger partial charge in [-0.25, -0.2) is 0 Å². The number of rotatable bonds is 3. The third-order valence-corrected chi connectivity index (χ3v) is 8.10. The summed E-state index contributed by atoms with van der Waals surface area (Å²) in [5.74, 6) is 3.78. The third kappa shape index (κ3) is 1.51. The summed E-state index contributed by atoms with van der Waals surface area (Å²) in [7, 11) is 0. The summed E-state index contributed by atoms with van der Waals surface area (Å²) in [5.41, 5.74) is 2.53. The van der Waals surface area contributed by atoms with E-state index in [0.717, 1.165) is 42.1 Å². The largest absolute Gasteiger partial charge is 0.465 e. The van der Waals surface area contributed by atoms with Crippen molar-refractivity contribution in [3.8, 4) is 0 Å². The van der Waals surface area contributed by atoms with Crippen molar-refractivity contribution in [1.82, 2.24) is 0 Å². The van der Waals surface area contributed by atoms with Crippen molar-refractivity contribution < 1.29 is 9.53 Å². The second-order valence-electron chi connectivity index (χ2n) is 8.83. The molecule has 0 saturated heterocycles. The van der Waals surface area contributed by atoms with Crippen LogP contribution in [0.5, 0.6) is 0 Å². The first-order valence-electron chi connectivity index (χ1n) is 9.83. The van der Waals surface area contributed by atoms with Gasteiger partial charge in [-0.1, -0.05) is 54.1 Å². The molecule has 2 heteroatoms. The van der Waals surface area contributed by atoms with E-state index < -0.39 is 5.41 Å². The Morgan fingerprint density at radius 2 is 2.08 bits per heavy atom. The van der Waals surface area contributed by atoms with Crippen molar-refractivity contribution in [3.05, 3.63) is 59.7 Å². The van der Waals surface area contributed by atoms with Crippen molar-refractivity contribution in [1.29, 1.82) is 0 Å². The summed E-state index contributed by atoms with van der Waals surface area (Å²) in [6.45, 7) is 2.38. The maximum Gasteiger partial charge on any atom is 0.316 e. The lowest BCUT2D eigenvalue weighted by Crippen LogP contribution is -2.38. The molecule has 0 aliphatic heterocycles. The van der Waals surface area contributed by atoms with Gasteiger partial charge in [0.15, 0.2) is 0 Å². The van der Waals surface area contributed by atoms with Gasteiger partial charge in [0.25, 0.3) is 0 Å². The van der Waals surface area contributed by atoms with Gasteiger partial charge in [-0.3, -0.25) is 4.79 Å². The van der Waals surface area contributed by atoms with Crippen molar-refractivity contribution in [3.63, 3.8) is 0 Å². The van der Waals surface area contributed by atoms with Gasteiger partial charge in [-0.2, -0.15) is 0 Å². The number of benzene rings is 1. The number of allylic oxidation sites excluding steroid dienone is 4. The standard InChI is InChI=1S/C23H24O2/c1-2-25-21(24)22(15-6-4-3-5-7-15)12-16-10-14-8-9-17-18-11-19(14)23(16,13-22)20(17)18/h3-10,14,17-20H,2,11-13H2,1H3. The highest BCUT2D eigenvalue weighted by Gasteiger charge is 2.77. The molecule has 6 bridgehead atoms. The zero-order valence-electron chi connectivity index (χ0n) is 14.7. The van der Waals surface area contributed by atoms with E-state index in [0.29, 0.717) is 12.5 Å². The third-order valence-electron chi connectivity index (χ3n) is 8.10. The molecule has 7 unspecified atom stereocenters. The topological polar surface area (TPSA) is 26.3 Å². The Morgan fingerprint density at radius 3 is 2.88 bits per heavy atom. The fourth-order valence-corrected chi connectivity index (χ4v) is 7.31. The maximum absolute atomic E-state index is 13.2. The first kappa shape index (κ1) is 14.4. The van der Waals surface area contributed by atoms with Crippen LogP contribution in [-0.4, -0.2) is 12.6 Å². The number of carbonyl (C=O) groups excluding carboxylic acids is 1. The van der Waals surface area contributed by atoms with Gasteiger partial charge >= 0.3 is 5.97 Å². The smallest absolute Gasteiger partial charge is 0.316 e. The van der Waals surface area contributed by atoms with Crippen LogP contribution in [0.15, 0.2) is 54.1 Å². The Hall–Kier alpha value is -1.83. The quantitative estimate of drug-likeness (QED) is 0.610. The first-order valence-corrected chi connectivity index (χ1v) is 9.83. The van der Waals surface area contributed by atoms with Crippen LogP contribution in [-0.2, 0) is 14.9 Å². The van der Waals surface area contributed by atoms with Crippen LogP contribution in [0.1, 0.15) is 31.7 Å². The fourth-order valence-electron chi connectivity index (χ4n) is 7.31. The predicted molar refractivity (Wildman–Crippen MR) is 95.7 cm³/mol. The molecule has 1 aromatic carbocycles. The molecule has 2 nitrogen and oxygen atoms in total. The van der Waals surface area contributed by atoms with Gasteiger partial charge in [0.05, 0.1) is 12.0 Å². The molecule has 0 aromatic heterocycles. The summed E-state index contributed by atoms with van der Waals surface area (Å²) >= 11 is 0. The van der Waals surface area contributed by atoms with E-state index in [4.69, 9.17) is 4.74 Å². The minimum atomic E-state index is -0.474. The summed E-state index contributed by atoms with van der Waals surface area (Å²) < 4.78 is 5.63. The molecule has 0 amide bonds. The fraction of sp³-hybridized carbons (Fsp3) is 0.522. The second-order valence-corrected chi connectivity index (χ2v) is 8.83. The molecule has 6 aliphatic rings. The summed E-state index contributed by atoms with van der Waals surface area (Å²) in [6.07, 6.45) is 10.7. The van der Waals surface area contributed by atoms with Gasteiger partial charge in [-0.15, -0.1) is 0 Å². The van der Waals surface area contributed by atoms with E-state index in [2.05, 4.69) is 42.5 Å². The van der Waals surface area contributed by atoms with Crippen molar-refractivity contribution in [2.75, 3.05) is 6.61 Å². The predicted octanol–water partition coefficient (Wildman–Crippen LogP) is 4.28. The zero-order chi connectivity index (χ0) is 16.8. The van der Waals surface area contributed by atoms with Crippen LogP contribution < -0.4 is 0 Å². The Bertz CT molecular complexity index is 822. The molecule has 25 heavy (non-hydrogen) atoms. The van der Waals surface area contributed by atoms with Gasteiger partial charge < -0.3 is 4.74 Å². The Kier molecular flexibility index (Phi) is 2.56. The maximum atomic E-state index is 13.2. The lowest BCUT2D eigenvalue weighted by Gasteiger charge is -2.36. The molecule has 3 fully saturated rings. The Morgan fingerprint density at radius 1 is 1.24 bits per heavy atom. The van der Waals surface area contributed by atoms with Crippen molar-refractivity contribution >= 4 is 5.97 Å². The molecule has 3 saturated carbocycles. The van der Waals surface area contributed by atoms with E-state index in [-0.39, 0.29) is 11.4 Å². The van der Waals surface area contributed by atoms with Crippen LogP contribution >= 0.6 is 0 Å². The van der Waals surface area contributed by atoms with Crippen LogP contribution in [0.4, 0.5) is 0 Å². The lowest BCUT2D eigenvalue weighted by atomic mass is 9.67. The molecular weight excluding hydrogens is 308 g/mol. The lowest BCUT2D eigenvalue weighted by molar-refractivity contribution is -0.150. The van der Waals surface area contributed by atoms with Gasteiger partial charge in [0.1, 0.15) is 0 Å². The van der Waals surface area contributed by atoms with Gasteiger partial charge in [0, 0.05) is 5.41 Å².